The van der Waals surface area contributed by atoms with Gasteiger partial charge in [0, 0.05) is 31.7 Å². The number of amides is 5. The van der Waals surface area contributed by atoms with Gasteiger partial charge in [-0.05, 0) is 43.4 Å². The van der Waals surface area contributed by atoms with E-state index in [1.807, 2.05) is 7.05 Å². The van der Waals surface area contributed by atoms with E-state index in [1.165, 1.54) is 6.92 Å². The summed E-state index contributed by atoms with van der Waals surface area (Å²) in [5.41, 5.74) is -0.296. The Morgan fingerprint density at radius 2 is 1.25 bits per heavy atom. The minimum absolute atomic E-state index is 0.247. The van der Waals surface area contributed by atoms with Crippen LogP contribution in [0.1, 0.15) is 65.7 Å². The minimum Gasteiger partial charge on any atom is -0.344 e. The van der Waals surface area contributed by atoms with Gasteiger partial charge < -0.3 is 31.1 Å². The van der Waals surface area contributed by atoms with Crippen molar-refractivity contribution < 1.29 is 28.8 Å². The number of Topliss-reactive ketones (excluding diaryl/α,β-unsaturated/α-hetero) is 1. The molecule has 0 saturated carbocycles. The van der Waals surface area contributed by atoms with Crippen molar-refractivity contribution in [2.75, 3.05) is 33.2 Å². The molecule has 0 unspecified atom stereocenters. The molecule has 0 aliphatic carbocycles. The third kappa shape index (κ3) is 10.1. The number of benzene rings is 1. The summed E-state index contributed by atoms with van der Waals surface area (Å²) in [5.74, 6) is -4.49. The molecular weight excluding hydrogens is 564 g/mol. The lowest BCUT2D eigenvalue weighted by Gasteiger charge is -2.35. The smallest absolute Gasteiger partial charge is 0.290 e. The molecule has 4 atom stereocenters. The van der Waals surface area contributed by atoms with Gasteiger partial charge in [-0.3, -0.25) is 28.8 Å². The van der Waals surface area contributed by atoms with E-state index < -0.39 is 64.9 Å². The summed E-state index contributed by atoms with van der Waals surface area (Å²) in [6.45, 7) is 16.3. The number of carbonyl (C=O) groups excluding carboxylic acids is 6. The largest absolute Gasteiger partial charge is 0.344 e. The average molecular weight is 615 g/mol. The first-order valence-corrected chi connectivity index (χ1v) is 15.2. The fourth-order valence-electron chi connectivity index (χ4n) is 4.75. The van der Waals surface area contributed by atoms with Crippen LogP contribution in [0.2, 0.25) is 0 Å². The SMILES string of the molecule is CC(C)[C@H](NC(=O)[C@H](C)NC(=O)[C@@H](NC(=O)c1ccccc1)C(C)(C)C)C(=O)C(=O)N[C@H](C(=O)N1CCN(C)CC1)C(C)C. The molecule has 5 amide bonds. The number of carbonyl (C=O) groups is 6. The van der Waals surface area contributed by atoms with E-state index >= 15 is 0 Å². The Hall–Kier alpha value is -3.80. The highest BCUT2D eigenvalue weighted by molar-refractivity contribution is 6.39. The van der Waals surface area contributed by atoms with Crippen molar-refractivity contribution in [2.45, 2.75) is 79.6 Å². The zero-order valence-corrected chi connectivity index (χ0v) is 27.5. The van der Waals surface area contributed by atoms with Crippen LogP contribution in [0.15, 0.2) is 30.3 Å². The monoisotopic (exact) mass is 614 g/mol. The van der Waals surface area contributed by atoms with Crippen LogP contribution in [-0.2, 0) is 24.0 Å². The fourth-order valence-corrected chi connectivity index (χ4v) is 4.75. The van der Waals surface area contributed by atoms with E-state index in [1.54, 1.807) is 83.7 Å². The van der Waals surface area contributed by atoms with Crippen LogP contribution >= 0.6 is 0 Å². The summed E-state index contributed by atoms with van der Waals surface area (Å²) in [6.07, 6.45) is 0. The molecule has 4 N–H and O–H groups in total. The van der Waals surface area contributed by atoms with Crippen molar-refractivity contribution in [3.05, 3.63) is 35.9 Å². The van der Waals surface area contributed by atoms with Crippen molar-refractivity contribution >= 4 is 35.3 Å². The lowest BCUT2D eigenvalue weighted by molar-refractivity contribution is -0.144. The Morgan fingerprint density at radius 1 is 0.705 bits per heavy atom. The van der Waals surface area contributed by atoms with E-state index in [4.69, 9.17) is 0 Å². The topological polar surface area (TPSA) is 157 Å². The number of hydrogen-bond acceptors (Lipinski definition) is 7. The maximum absolute atomic E-state index is 13.3. The van der Waals surface area contributed by atoms with Gasteiger partial charge >= 0.3 is 0 Å². The normalized spacial score (nSPS) is 16.8. The van der Waals surface area contributed by atoms with E-state index in [-0.39, 0.29) is 11.8 Å². The maximum atomic E-state index is 13.3. The molecule has 1 aliphatic heterocycles. The minimum atomic E-state index is -1.19. The average Bonchev–Trinajstić information content (AvgIpc) is 2.96. The molecule has 2 rings (SSSR count). The molecule has 1 aromatic carbocycles. The number of likely N-dealkylation sites (N-methyl/N-ethyl adjacent to an activating group) is 1. The first-order valence-electron chi connectivity index (χ1n) is 15.2. The second kappa shape index (κ2) is 15.8. The number of nitrogens with zero attached hydrogens (tertiary/aromatic N) is 2. The Balaban J connectivity index is 2.08. The number of nitrogens with one attached hydrogen (secondary N) is 4. The summed E-state index contributed by atoms with van der Waals surface area (Å²) in [7, 11) is 1.97. The lowest BCUT2D eigenvalue weighted by atomic mass is 9.85. The van der Waals surface area contributed by atoms with Crippen LogP contribution < -0.4 is 21.3 Å². The predicted octanol–water partition coefficient (Wildman–Crippen LogP) is 0.961. The predicted molar refractivity (Wildman–Crippen MR) is 167 cm³/mol. The first kappa shape index (κ1) is 36.4. The molecular formula is C32H50N6O6. The van der Waals surface area contributed by atoms with Gasteiger partial charge in [-0.25, -0.2) is 0 Å². The van der Waals surface area contributed by atoms with Gasteiger partial charge in [-0.2, -0.15) is 0 Å². The third-order valence-corrected chi connectivity index (χ3v) is 7.70. The van der Waals surface area contributed by atoms with Gasteiger partial charge in [0.2, 0.25) is 23.5 Å². The highest BCUT2D eigenvalue weighted by Crippen LogP contribution is 2.20. The molecule has 0 bridgehead atoms. The standard InChI is InChI=1S/C32H50N6O6/c1-19(2)23(25(39)29(42)35-24(20(3)4)31(44)38-17-15-37(9)16-18-38)34-27(40)21(5)33-30(43)26(32(6,7)8)36-28(41)22-13-11-10-12-14-22/h10-14,19-21,23-24,26H,15-18H2,1-9H3,(H,33,43)(H,34,40)(H,35,42)(H,36,41)/t21-,23-,24-,26+/m0/s1. The summed E-state index contributed by atoms with van der Waals surface area (Å²) >= 11 is 0. The third-order valence-electron chi connectivity index (χ3n) is 7.70. The van der Waals surface area contributed by atoms with Crippen LogP contribution in [0.3, 0.4) is 0 Å². The van der Waals surface area contributed by atoms with E-state index in [2.05, 4.69) is 26.2 Å². The Kier molecular flexibility index (Phi) is 13.1. The number of piperazine rings is 1. The van der Waals surface area contributed by atoms with Crippen LogP contribution in [0.25, 0.3) is 0 Å². The Bertz CT molecular complexity index is 1190. The van der Waals surface area contributed by atoms with Gasteiger partial charge in [0.05, 0.1) is 6.04 Å². The highest BCUT2D eigenvalue weighted by atomic mass is 16.2. The van der Waals surface area contributed by atoms with Crippen LogP contribution in [0.4, 0.5) is 0 Å². The van der Waals surface area contributed by atoms with Crippen molar-refractivity contribution in [1.82, 2.24) is 31.1 Å². The molecule has 44 heavy (non-hydrogen) atoms. The summed E-state index contributed by atoms with van der Waals surface area (Å²) in [6, 6.07) is 4.34. The number of hydrogen-bond donors (Lipinski definition) is 4. The zero-order valence-electron chi connectivity index (χ0n) is 27.5. The first-order chi connectivity index (χ1) is 20.4. The summed E-state index contributed by atoms with van der Waals surface area (Å²) in [4.78, 5) is 82.5. The summed E-state index contributed by atoms with van der Waals surface area (Å²) < 4.78 is 0. The molecule has 1 aliphatic rings. The molecule has 1 saturated heterocycles. The van der Waals surface area contributed by atoms with Gasteiger partial charge in [0.15, 0.2) is 0 Å². The van der Waals surface area contributed by atoms with Crippen LogP contribution in [-0.4, -0.2) is 103 Å². The van der Waals surface area contributed by atoms with Crippen molar-refractivity contribution in [3.63, 3.8) is 0 Å². The molecule has 12 nitrogen and oxygen atoms in total. The second-order valence-corrected chi connectivity index (χ2v) is 13.3. The maximum Gasteiger partial charge on any atom is 0.290 e. The molecule has 0 spiro atoms. The summed E-state index contributed by atoms with van der Waals surface area (Å²) in [5, 5.41) is 10.6. The molecule has 1 fully saturated rings. The van der Waals surface area contributed by atoms with Gasteiger partial charge in [-0.15, -0.1) is 0 Å². The molecule has 0 aromatic heterocycles. The quantitative estimate of drug-likeness (QED) is 0.256. The molecule has 12 heteroatoms. The van der Waals surface area contributed by atoms with Crippen molar-refractivity contribution in [2.24, 2.45) is 17.3 Å². The lowest BCUT2D eigenvalue weighted by Crippen LogP contribution is -2.60. The van der Waals surface area contributed by atoms with Crippen molar-refractivity contribution in [3.8, 4) is 0 Å². The van der Waals surface area contributed by atoms with Crippen molar-refractivity contribution in [1.29, 1.82) is 0 Å². The number of rotatable bonds is 12. The van der Waals surface area contributed by atoms with Crippen LogP contribution in [0.5, 0.6) is 0 Å². The second-order valence-electron chi connectivity index (χ2n) is 13.3. The van der Waals surface area contributed by atoms with E-state index in [0.717, 1.165) is 13.1 Å². The van der Waals surface area contributed by atoms with E-state index in [9.17, 15) is 28.8 Å². The fraction of sp³-hybridized carbons (Fsp3) is 0.625. The van der Waals surface area contributed by atoms with Gasteiger partial charge in [0.25, 0.3) is 11.8 Å². The van der Waals surface area contributed by atoms with Crippen LogP contribution in [0, 0.1) is 17.3 Å². The Morgan fingerprint density at radius 3 is 1.75 bits per heavy atom. The van der Waals surface area contributed by atoms with Gasteiger partial charge in [-0.1, -0.05) is 66.7 Å². The number of ketones is 1. The van der Waals surface area contributed by atoms with E-state index in [0.29, 0.717) is 18.7 Å². The Labute approximate surface area is 261 Å². The highest BCUT2D eigenvalue weighted by Gasteiger charge is 2.37. The molecule has 0 radical (unpaired) electrons. The molecule has 1 heterocycles. The van der Waals surface area contributed by atoms with Gasteiger partial charge in [0.1, 0.15) is 18.1 Å². The molecule has 244 valence electrons. The molecule has 1 aromatic rings. The zero-order chi connectivity index (χ0) is 33.4.